The first-order valence-corrected chi connectivity index (χ1v) is 5.86. The Bertz CT molecular complexity index is 498. The Balaban J connectivity index is 2.29. The number of aromatic nitrogens is 1. The van der Waals surface area contributed by atoms with E-state index in [0.717, 1.165) is 16.5 Å². The Kier molecular flexibility index (Phi) is 3.71. The number of fused-ring (bicyclic) bond motifs is 1. The molecular weight excluding hydrogens is 214 g/mol. The summed E-state index contributed by atoms with van der Waals surface area (Å²) in [6, 6.07) is 9.71. The van der Waals surface area contributed by atoms with Crippen molar-refractivity contribution < 1.29 is 9.84 Å². The minimum absolute atomic E-state index is 0.207. The van der Waals surface area contributed by atoms with Crippen molar-refractivity contribution in [2.45, 2.75) is 26.1 Å². The molecule has 0 bridgehead atoms. The van der Waals surface area contributed by atoms with Crippen molar-refractivity contribution in [3.63, 3.8) is 0 Å². The summed E-state index contributed by atoms with van der Waals surface area (Å²) >= 11 is 0. The van der Waals surface area contributed by atoms with Gasteiger partial charge in [-0.05, 0) is 31.5 Å². The van der Waals surface area contributed by atoms with Crippen LogP contribution in [0.2, 0.25) is 0 Å². The smallest absolute Gasteiger partial charge is 0.105 e. The van der Waals surface area contributed by atoms with Gasteiger partial charge in [-0.15, -0.1) is 0 Å². The quantitative estimate of drug-likeness (QED) is 0.879. The highest BCUT2D eigenvalue weighted by molar-refractivity contribution is 5.78. The number of hydrogen-bond acceptors (Lipinski definition) is 3. The van der Waals surface area contributed by atoms with Crippen LogP contribution in [0.5, 0.6) is 0 Å². The second-order valence-corrected chi connectivity index (χ2v) is 4.06. The molecule has 0 spiro atoms. The molecule has 2 atom stereocenters. The zero-order chi connectivity index (χ0) is 12.3. The summed E-state index contributed by atoms with van der Waals surface area (Å²) in [6.07, 6.45) is 0.937. The van der Waals surface area contributed by atoms with Crippen LogP contribution in [0.15, 0.2) is 36.5 Å². The van der Waals surface area contributed by atoms with Crippen molar-refractivity contribution >= 4 is 10.9 Å². The van der Waals surface area contributed by atoms with Gasteiger partial charge in [-0.25, -0.2) is 0 Å². The lowest BCUT2D eigenvalue weighted by Gasteiger charge is -2.19. The number of nitrogens with zero attached hydrogens (tertiary/aromatic N) is 1. The normalized spacial score (nSPS) is 14.8. The molecule has 2 unspecified atom stereocenters. The zero-order valence-electron chi connectivity index (χ0n) is 10.1. The van der Waals surface area contributed by atoms with E-state index in [0.29, 0.717) is 6.61 Å². The van der Waals surface area contributed by atoms with Gasteiger partial charge in [-0.1, -0.05) is 18.2 Å². The molecule has 2 aromatic rings. The molecule has 0 aliphatic heterocycles. The van der Waals surface area contributed by atoms with E-state index in [1.54, 1.807) is 6.20 Å². The number of benzene rings is 1. The van der Waals surface area contributed by atoms with Gasteiger partial charge in [0.2, 0.25) is 0 Å². The van der Waals surface area contributed by atoms with Gasteiger partial charge in [0.1, 0.15) is 6.10 Å². The van der Waals surface area contributed by atoms with E-state index < -0.39 is 6.10 Å². The molecule has 1 heterocycles. The molecule has 0 amide bonds. The van der Waals surface area contributed by atoms with Gasteiger partial charge in [-0.3, -0.25) is 4.98 Å². The summed E-state index contributed by atoms with van der Waals surface area (Å²) in [6.45, 7) is 4.39. The van der Waals surface area contributed by atoms with Gasteiger partial charge in [0, 0.05) is 18.2 Å². The van der Waals surface area contributed by atoms with Crippen LogP contribution in [0.1, 0.15) is 25.5 Å². The second-order valence-electron chi connectivity index (χ2n) is 4.06. The van der Waals surface area contributed by atoms with Gasteiger partial charge < -0.3 is 9.84 Å². The summed E-state index contributed by atoms with van der Waals surface area (Å²) in [4.78, 5) is 4.28. The lowest BCUT2D eigenvalue weighted by molar-refractivity contribution is -0.0227. The maximum Gasteiger partial charge on any atom is 0.105 e. The Morgan fingerprint density at radius 3 is 2.94 bits per heavy atom. The third kappa shape index (κ3) is 2.62. The first-order chi connectivity index (χ1) is 8.22. The van der Waals surface area contributed by atoms with Crippen LogP contribution in [-0.2, 0) is 4.74 Å². The number of pyridine rings is 1. The molecule has 2 rings (SSSR count). The summed E-state index contributed by atoms with van der Waals surface area (Å²) in [5.41, 5.74) is 1.74. The fourth-order valence-electron chi connectivity index (χ4n) is 1.89. The summed E-state index contributed by atoms with van der Waals surface area (Å²) in [5, 5.41) is 11.2. The van der Waals surface area contributed by atoms with Crippen molar-refractivity contribution in [1.82, 2.24) is 4.98 Å². The molecule has 0 aliphatic rings. The molecule has 1 aromatic carbocycles. The third-order valence-electron chi connectivity index (χ3n) is 2.85. The molecular formula is C14H17NO2. The largest absolute Gasteiger partial charge is 0.386 e. The second kappa shape index (κ2) is 5.25. The highest BCUT2D eigenvalue weighted by Crippen LogP contribution is 2.22. The molecule has 1 aromatic heterocycles. The topological polar surface area (TPSA) is 42.4 Å². The summed E-state index contributed by atoms with van der Waals surface area (Å²) in [7, 11) is 0. The maximum absolute atomic E-state index is 10.1. The van der Waals surface area contributed by atoms with Crippen molar-refractivity contribution in [3.8, 4) is 0 Å². The van der Waals surface area contributed by atoms with Gasteiger partial charge in [0.05, 0.1) is 11.6 Å². The van der Waals surface area contributed by atoms with Gasteiger partial charge in [0.15, 0.2) is 0 Å². The molecule has 90 valence electrons. The Hall–Kier alpha value is -1.45. The van der Waals surface area contributed by atoms with E-state index in [1.165, 1.54) is 0 Å². The number of rotatable bonds is 4. The number of ether oxygens (including phenoxy) is 1. The minimum Gasteiger partial charge on any atom is -0.386 e. The van der Waals surface area contributed by atoms with Crippen molar-refractivity contribution in [1.29, 1.82) is 0 Å². The van der Waals surface area contributed by atoms with Crippen LogP contribution >= 0.6 is 0 Å². The van der Waals surface area contributed by atoms with E-state index in [-0.39, 0.29) is 6.10 Å². The molecule has 0 saturated heterocycles. The molecule has 0 radical (unpaired) electrons. The maximum atomic E-state index is 10.1. The van der Waals surface area contributed by atoms with E-state index in [9.17, 15) is 5.11 Å². The van der Waals surface area contributed by atoms with Crippen molar-refractivity contribution in [2.75, 3.05) is 6.61 Å². The first-order valence-electron chi connectivity index (χ1n) is 5.86. The van der Waals surface area contributed by atoms with Gasteiger partial charge >= 0.3 is 0 Å². The fourth-order valence-corrected chi connectivity index (χ4v) is 1.89. The molecule has 3 heteroatoms. The Labute approximate surface area is 101 Å². The van der Waals surface area contributed by atoms with E-state index in [4.69, 9.17) is 4.74 Å². The summed E-state index contributed by atoms with van der Waals surface area (Å²) in [5.74, 6) is 0. The lowest BCUT2D eigenvalue weighted by Crippen LogP contribution is -2.18. The van der Waals surface area contributed by atoms with Gasteiger partial charge in [-0.2, -0.15) is 0 Å². The molecule has 0 fully saturated rings. The fraction of sp³-hybridized carbons (Fsp3) is 0.357. The highest BCUT2D eigenvalue weighted by Gasteiger charge is 2.16. The number of aliphatic hydroxyl groups is 1. The zero-order valence-corrected chi connectivity index (χ0v) is 10.1. The van der Waals surface area contributed by atoms with Crippen molar-refractivity contribution in [3.05, 3.63) is 42.1 Å². The Morgan fingerprint density at radius 2 is 2.18 bits per heavy atom. The van der Waals surface area contributed by atoms with Crippen LogP contribution in [0.25, 0.3) is 10.9 Å². The molecule has 1 N–H and O–H groups in total. The molecule has 17 heavy (non-hydrogen) atoms. The van der Waals surface area contributed by atoms with Crippen molar-refractivity contribution in [2.24, 2.45) is 0 Å². The van der Waals surface area contributed by atoms with Crippen LogP contribution in [-0.4, -0.2) is 22.8 Å². The van der Waals surface area contributed by atoms with Gasteiger partial charge in [0.25, 0.3) is 0 Å². The van der Waals surface area contributed by atoms with Crippen LogP contribution in [0.3, 0.4) is 0 Å². The number of aliphatic hydroxyl groups excluding tert-OH is 1. The average molecular weight is 231 g/mol. The van der Waals surface area contributed by atoms with Crippen LogP contribution in [0.4, 0.5) is 0 Å². The van der Waals surface area contributed by atoms with E-state index in [1.807, 2.05) is 44.2 Å². The molecule has 0 aliphatic carbocycles. The van der Waals surface area contributed by atoms with Crippen LogP contribution in [0, 0.1) is 0 Å². The van der Waals surface area contributed by atoms with Crippen LogP contribution < -0.4 is 0 Å². The van der Waals surface area contributed by atoms with E-state index >= 15 is 0 Å². The summed E-state index contributed by atoms with van der Waals surface area (Å²) < 4.78 is 5.40. The molecule has 0 saturated carbocycles. The minimum atomic E-state index is -0.610. The Morgan fingerprint density at radius 1 is 1.35 bits per heavy atom. The predicted octanol–water partition coefficient (Wildman–Crippen LogP) is 2.69. The molecule has 3 nitrogen and oxygen atoms in total. The lowest BCUT2D eigenvalue weighted by atomic mass is 10.0. The first kappa shape index (κ1) is 12.0. The monoisotopic (exact) mass is 231 g/mol. The predicted molar refractivity (Wildman–Crippen MR) is 67.8 cm³/mol. The standard InChI is InChI=1S/C14H17NO2/c1-3-17-10(2)14(16)12-7-6-11-5-4-8-15-13(11)9-12/h4-10,14,16H,3H2,1-2H3. The van der Waals surface area contributed by atoms with E-state index in [2.05, 4.69) is 4.98 Å². The average Bonchev–Trinajstić information content (AvgIpc) is 2.37. The number of hydrogen-bond donors (Lipinski definition) is 1. The third-order valence-corrected chi connectivity index (χ3v) is 2.85. The SMILES string of the molecule is CCOC(C)C(O)c1ccc2cccnc2c1. The highest BCUT2D eigenvalue weighted by atomic mass is 16.5.